The third-order valence-corrected chi connectivity index (χ3v) is 8.63. The highest BCUT2D eigenvalue weighted by Gasteiger charge is 2.42. The van der Waals surface area contributed by atoms with Crippen molar-refractivity contribution in [2.45, 2.75) is 89.8 Å². The highest BCUT2D eigenvalue weighted by molar-refractivity contribution is 5.81. The summed E-state index contributed by atoms with van der Waals surface area (Å²) in [5.74, 6) is -1.22. The van der Waals surface area contributed by atoms with E-state index in [2.05, 4.69) is 10.6 Å². The molecule has 1 fully saturated rings. The van der Waals surface area contributed by atoms with Crippen LogP contribution in [0.2, 0.25) is 0 Å². The summed E-state index contributed by atoms with van der Waals surface area (Å²) in [5.41, 5.74) is 0.713. The number of benzene rings is 1. The van der Waals surface area contributed by atoms with Gasteiger partial charge < -0.3 is 35.0 Å². The highest BCUT2D eigenvalue weighted by Crippen LogP contribution is 2.29. The van der Waals surface area contributed by atoms with Crippen molar-refractivity contribution in [1.29, 1.82) is 0 Å². The number of amides is 4. The minimum atomic E-state index is -0.864. The zero-order chi connectivity index (χ0) is 31.4. The van der Waals surface area contributed by atoms with E-state index < -0.39 is 30.3 Å². The molecule has 1 aromatic carbocycles. The van der Waals surface area contributed by atoms with Crippen LogP contribution in [0.25, 0.3) is 0 Å². The predicted molar refractivity (Wildman–Crippen MR) is 159 cm³/mol. The Balaban J connectivity index is 2.14. The number of methoxy groups -OCH3 is 2. The Morgan fingerprint density at radius 1 is 1.14 bits per heavy atom. The number of nitrogens with one attached hydrogen (secondary N) is 2. The van der Waals surface area contributed by atoms with Gasteiger partial charge in [0.05, 0.1) is 55.3 Å². The van der Waals surface area contributed by atoms with E-state index in [1.54, 1.807) is 37.8 Å². The molecule has 1 heterocycles. The summed E-state index contributed by atoms with van der Waals surface area (Å²) in [4.78, 5) is 53.8. The van der Waals surface area contributed by atoms with Gasteiger partial charge in [-0.15, -0.1) is 0 Å². The molecule has 4 amide bonds. The Labute approximate surface area is 250 Å². The zero-order valence-corrected chi connectivity index (χ0v) is 26.1. The molecule has 8 atom stereocenters. The van der Waals surface area contributed by atoms with Crippen molar-refractivity contribution in [3.8, 4) is 0 Å². The predicted octanol–water partition coefficient (Wildman–Crippen LogP) is 1.89. The summed E-state index contributed by atoms with van der Waals surface area (Å²) in [6, 6.07) is 7.94. The van der Waals surface area contributed by atoms with E-state index in [9.17, 15) is 24.3 Å². The number of aliphatic hydroxyl groups excluding tert-OH is 1. The van der Waals surface area contributed by atoms with Gasteiger partial charge in [0.25, 0.3) is 0 Å². The summed E-state index contributed by atoms with van der Waals surface area (Å²) in [5, 5.41) is 16.0. The molecule has 0 radical (unpaired) electrons. The second-order valence-corrected chi connectivity index (χ2v) is 11.3. The number of aliphatic hydroxyl groups is 1. The smallest absolute Gasteiger partial charge is 0.242 e. The van der Waals surface area contributed by atoms with E-state index in [0.717, 1.165) is 12.8 Å². The maximum atomic E-state index is 13.7. The second-order valence-electron chi connectivity index (χ2n) is 11.3. The van der Waals surface area contributed by atoms with Crippen LogP contribution in [0.3, 0.4) is 0 Å². The van der Waals surface area contributed by atoms with Crippen LogP contribution in [0.5, 0.6) is 0 Å². The normalized spacial score (nSPS) is 20.0. The number of nitrogens with zero attached hydrogens (tertiary/aromatic N) is 2. The van der Waals surface area contributed by atoms with E-state index in [1.807, 2.05) is 44.2 Å². The monoisotopic (exact) mass is 590 g/mol. The Kier molecular flexibility index (Phi) is 14.4. The molecule has 1 saturated heterocycles. The largest absolute Gasteiger partial charge is 0.386 e. The first-order valence-electron chi connectivity index (χ1n) is 14.8. The first-order valence-corrected chi connectivity index (χ1v) is 14.8. The number of ether oxygens (including phenoxy) is 2. The van der Waals surface area contributed by atoms with Crippen molar-refractivity contribution in [2.75, 3.05) is 34.4 Å². The van der Waals surface area contributed by atoms with Crippen LogP contribution < -0.4 is 10.6 Å². The van der Waals surface area contributed by atoms with E-state index in [0.29, 0.717) is 24.9 Å². The molecule has 2 unspecified atom stereocenters. The molecule has 1 aromatic rings. The van der Waals surface area contributed by atoms with Gasteiger partial charge in [0.2, 0.25) is 24.1 Å². The molecule has 0 spiro atoms. The molecule has 42 heavy (non-hydrogen) atoms. The van der Waals surface area contributed by atoms with Gasteiger partial charge in [0.15, 0.2) is 0 Å². The van der Waals surface area contributed by atoms with Gasteiger partial charge in [0, 0.05) is 27.8 Å². The van der Waals surface area contributed by atoms with Crippen LogP contribution in [0.4, 0.5) is 0 Å². The number of likely N-dealkylation sites (N-methyl/N-ethyl adjacent to an activating group) is 1. The minimum absolute atomic E-state index is 0.0333. The van der Waals surface area contributed by atoms with Gasteiger partial charge in [-0.3, -0.25) is 19.2 Å². The van der Waals surface area contributed by atoms with E-state index in [-0.39, 0.29) is 48.7 Å². The van der Waals surface area contributed by atoms with Crippen molar-refractivity contribution < 1.29 is 33.8 Å². The summed E-state index contributed by atoms with van der Waals surface area (Å²) in [7, 11) is 4.74. The van der Waals surface area contributed by atoms with Gasteiger partial charge in [-0.05, 0) is 31.2 Å². The highest BCUT2D eigenvalue weighted by atomic mass is 16.5. The van der Waals surface area contributed by atoms with Crippen molar-refractivity contribution in [2.24, 2.45) is 11.8 Å². The molecule has 1 aliphatic rings. The SMILES string of the molecule is CCC(C)C([C@@H](CC(=O)N1CCC[C@H]1[C@H](OC)[C@@H](C)C(=O)N[C@H](C)[C@@H](O)c1ccccc1)OC)N(C)C(=O)CNC=O. The molecule has 11 nitrogen and oxygen atoms in total. The second kappa shape index (κ2) is 17.2. The van der Waals surface area contributed by atoms with Crippen molar-refractivity contribution in [1.82, 2.24) is 20.4 Å². The maximum Gasteiger partial charge on any atom is 0.242 e. The topological polar surface area (TPSA) is 138 Å². The number of rotatable bonds is 17. The Hall–Kier alpha value is -3.02. The average Bonchev–Trinajstić information content (AvgIpc) is 3.49. The molecule has 3 N–H and O–H groups in total. The number of hydrogen-bond acceptors (Lipinski definition) is 7. The summed E-state index contributed by atoms with van der Waals surface area (Å²) in [6.45, 7) is 7.95. The fourth-order valence-electron chi connectivity index (χ4n) is 5.95. The summed E-state index contributed by atoms with van der Waals surface area (Å²) < 4.78 is 11.6. The molecule has 0 aliphatic carbocycles. The van der Waals surface area contributed by atoms with Crippen molar-refractivity contribution in [3.05, 3.63) is 35.9 Å². The van der Waals surface area contributed by atoms with Gasteiger partial charge in [-0.25, -0.2) is 0 Å². The summed E-state index contributed by atoms with van der Waals surface area (Å²) >= 11 is 0. The molecule has 11 heteroatoms. The molecule has 1 aliphatic heterocycles. The van der Waals surface area contributed by atoms with E-state index >= 15 is 0 Å². The molecule has 236 valence electrons. The molecule has 0 saturated carbocycles. The van der Waals surface area contributed by atoms with Crippen LogP contribution >= 0.6 is 0 Å². The maximum absolute atomic E-state index is 13.7. The minimum Gasteiger partial charge on any atom is -0.386 e. The van der Waals surface area contributed by atoms with Crippen LogP contribution in [0.1, 0.15) is 65.0 Å². The Morgan fingerprint density at radius 3 is 2.38 bits per heavy atom. The standard InChI is InChI=1S/C31H50N4O7/c1-8-20(2)28(34(5)27(38)18-32-19-36)25(41-6)17-26(37)35-16-12-15-24(35)30(42-7)21(3)31(40)33-22(4)29(39)23-13-10-9-11-14-23/h9-11,13-14,19-22,24-25,28-30,39H,8,12,15-18H2,1-7H3,(H,32,36)(H,33,40)/t20?,21-,22-,24+,25-,28?,29-,30-/m1/s1. The molecular weight excluding hydrogens is 540 g/mol. The van der Waals surface area contributed by atoms with Crippen LogP contribution in [0.15, 0.2) is 30.3 Å². The first-order chi connectivity index (χ1) is 20.0. The quantitative estimate of drug-likeness (QED) is 0.236. The van der Waals surface area contributed by atoms with E-state index in [4.69, 9.17) is 9.47 Å². The fourth-order valence-corrected chi connectivity index (χ4v) is 5.95. The molecular formula is C31H50N4O7. The lowest BCUT2D eigenvalue weighted by Gasteiger charge is -2.39. The number of likely N-dealkylation sites (tertiary alicyclic amines) is 1. The zero-order valence-electron chi connectivity index (χ0n) is 26.1. The van der Waals surface area contributed by atoms with E-state index in [1.165, 1.54) is 7.11 Å². The number of hydrogen-bond donors (Lipinski definition) is 3. The van der Waals surface area contributed by atoms with Crippen molar-refractivity contribution in [3.63, 3.8) is 0 Å². The van der Waals surface area contributed by atoms with Crippen LogP contribution in [0, 0.1) is 11.8 Å². The van der Waals surface area contributed by atoms with Crippen molar-refractivity contribution >= 4 is 24.1 Å². The average molecular weight is 591 g/mol. The number of carbonyl (C=O) groups is 4. The Morgan fingerprint density at radius 2 is 1.81 bits per heavy atom. The molecule has 0 bridgehead atoms. The Bertz CT molecular complexity index is 1010. The third kappa shape index (κ3) is 8.99. The fraction of sp³-hybridized carbons (Fsp3) is 0.677. The summed E-state index contributed by atoms with van der Waals surface area (Å²) in [6.07, 6.45) is 0.772. The van der Waals surface area contributed by atoms with Gasteiger partial charge in [0.1, 0.15) is 0 Å². The molecule has 2 rings (SSSR count). The van der Waals surface area contributed by atoms with Gasteiger partial charge in [-0.2, -0.15) is 0 Å². The third-order valence-electron chi connectivity index (χ3n) is 8.63. The van der Waals surface area contributed by atoms with Gasteiger partial charge in [-0.1, -0.05) is 57.5 Å². The van der Waals surface area contributed by atoms with Crippen LogP contribution in [-0.2, 0) is 28.7 Å². The van der Waals surface area contributed by atoms with Gasteiger partial charge >= 0.3 is 0 Å². The first kappa shape index (κ1) is 35.2. The lowest BCUT2D eigenvalue weighted by Crippen LogP contribution is -2.54. The molecule has 0 aromatic heterocycles. The van der Waals surface area contributed by atoms with Crippen LogP contribution in [-0.4, -0.2) is 104 Å². The lowest BCUT2D eigenvalue weighted by molar-refractivity contribution is -0.145. The lowest BCUT2D eigenvalue weighted by atomic mass is 9.90. The number of carbonyl (C=O) groups excluding carboxylic acids is 4.